The molecular formula is C11H22N. The Bertz CT molecular complexity index is 106. The summed E-state index contributed by atoms with van der Waals surface area (Å²) in [7, 11) is 0. The first-order chi connectivity index (χ1) is 5.83. The van der Waals surface area contributed by atoms with Gasteiger partial charge in [0, 0.05) is 0 Å². The van der Waals surface area contributed by atoms with Crippen LogP contribution >= 0.6 is 0 Å². The van der Waals surface area contributed by atoms with Crippen molar-refractivity contribution in [2.75, 3.05) is 6.54 Å². The van der Waals surface area contributed by atoms with Crippen LogP contribution in [0.3, 0.4) is 0 Å². The smallest absolute Gasteiger partial charge is 0.00431 e. The van der Waals surface area contributed by atoms with Gasteiger partial charge in [0.2, 0.25) is 0 Å². The zero-order valence-corrected chi connectivity index (χ0v) is 8.26. The Kier molecular flexibility index (Phi) is 4.67. The molecule has 1 unspecified atom stereocenters. The Morgan fingerprint density at radius 2 is 2.08 bits per heavy atom. The maximum atomic E-state index is 5.46. The van der Waals surface area contributed by atoms with Crippen LogP contribution in [-0.2, 0) is 0 Å². The van der Waals surface area contributed by atoms with E-state index in [4.69, 9.17) is 5.73 Å². The topological polar surface area (TPSA) is 26.0 Å². The van der Waals surface area contributed by atoms with E-state index in [0.29, 0.717) is 0 Å². The molecule has 1 fully saturated rings. The van der Waals surface area contributed by atoms with E-state index in [1.807, 2.05) is 0 Å². The molecule has 0 bridgehead atoms. The maximum Gasteiger partial charge on any atom is -0.00431 e. The van der Waals surface area contributed by atoms with Crippen LogP contribution < -0.4 is 5.73 Å². The van der Waals surface area contributed by atoms with Crippen LogP contribution in [0.25, 0.3) is 0 Å². The predicted molar refractivity (Wildman–Crippen MR) is 53.7 cm³/mol. The van der Waals surface area contributed by atoms with Crippen molar-refractivity contribution in [3.63, 3.8) is 0 Å². The Hall–Kier alpha value is -0.0400. The van der Waals surface area contributed by atoms with Crippen molar-refractivity contribution in [1.29, 1.82) is 0 Å². The lowest BCUT2D eigenvalue weighted by molar-refractivity contribution is 0.438. The molecule has 1 aliphatic rings. The molecule has 1 nitrogen and oxygen atoms in total. The van der Waals surface area contributed by atoms with E-state index in [9.17, 15) is 0 Å². The predicted octanol–water partition coefficient (Wildman–Crippen LogP) is 2.76. The standard InChI is InChI=1S/C11H22N/c1-10(8-9-12)6-7-11-4-2-3-5-11/h8,10-11H,2-7,9,12H2,1H3. The molecule has 1 aliphatic carbocycles. The maximum absolute atomic E-state index is 5.46. The van der Waals surface area contributed by atoms with Crippen LogP contribution in [0.2, 0.25) is 0 Å². The average molecular weight is 168 g/mol. The van der Waals surface area contributed by atoms with Gasteiger partial charge in [0.25, 0.3) is 0 Å². The monoisotopic (exact) mass is 168 g/mol. The molecule has 0 aromatic rings. The largest absolute Gasteiger partial charge is 0.330 e. The molecule has 0 spiro atoms. The first-order valence-electron chi connectivity index (χ1n) is 5.36. The molecule has 1 radical (unpaired) electrons. The van der Waals surface area contributed by atoms with Crippen LogP contribution in [-0.4, -0.2) is 6.54 Å². The van der Waals surface area contributed by atoms with Crippen molar-refractivity contribution >= 4 is 0 Å². The molecule has 1 atom stereocenters. The van der Waals surface area contributed by atoms with Gasteiger partial charge < -0.3 is 5.73 Å². The Morgan fingerprint density at radius 3 is 2.67 bits per heavy atom. The molecule has 0 saturated heterocycles. The zero-order chi connectivity index (χ0) is 8.81. The quantitative estimate of drug-likeness (QED) is 0.671. The van der Waals surface area contributed by atoms with Gasteiger partial charge in [-0.05, 0) is 24.8 Å². The second-order valence-electron chi connectivity index (χ2n) is 4.18. The van der Waals surface area contributed by atoms with E-state index in [2.05, 4.69) is 13.3 Å². The van der Waals surface area contributed by atoms with E-state index in [1.165, 1.54) is 38.5 Å². The summed E-state index contributed by atoms with van der Waals surface area (Å²) in [6.45, 7) is 3.02. The number of nitrogens with two attached hydrogens (primary N) is 1. The zero-order valence-electron chi connectivity index (χ0n) is 8.26. The van der Waals surface area contributed by atoms with Crippen LogP contribution in [0, 0.1) is 18.3 Å². The summed E-state index contributed by atoms with van der Waals surface area (Å²) in [6, 6.07) is 0. The first kappa shape index (κ1) is 10.0. The number of rotatable bonds is 5. The van der Waals surface area contributed by atoms with Crippen molar-refractivity contribution < 1.29 is 0 Å². The van der Waals surface area contributed by atoms with E-state index in [-0.39, 0.29) is 0 Å². The van der Waals surface area contributed by atoms with Crippen LogP contribution in [0.5, 0.6) is 0 Å². The Labute approximate surface area is 76.7 Å². The van der Waals surface area contributed by atoms with Gasteiger partial charge in [0.15, 0.2) is 0 Å². The van der Waals surface area contributed by atoms with E-state index in [1.54, 1.807) is 0 Å². The molecule has 71 valence electrons. The Balaban J connectivity index is 1.99. The lowest BCUT2D eigenvalue weighted by atomic mass is 9.94. The summed E-state index contributed by atoms with van der Waals surface area (Å²) < 4.78 is 0. The minimum Gasteiger partial charge on any atom is -0.330 e. The number of hydrogen-bond acceptors (Lipinski definition) is 1. The molecule has 0 amide bonds. The molecule has 0 aliphatic heterocycles. The molecular weight excluding hydrogens is 146 g/mol. The molecule has 12 heavy (non-hydrogen) atoms. The molecule has 1 heteroatoms. The second-order valence-corrected chi connectivity index (χ2v) is 4.18. The third-order valence-electron chi connectivity index (χ3n) is 3.04. The van der Waals surface area contributed by atoms with Crippen molar-refractivity contribution in [1.82, 2.24) is 0 Å². The highest BCUT2D eigenvalue weighted by atomic mass is 14.5. The summed E-state index contributed by atoms with van der Waals surface area (Å²) in [6.07, 6.45) is 10.9. The average Bonchev–Trinajstić information content (AvgIpc) is 2.53. The van der Waals surface area contributed by atoms with Crippen LogP contribution in [0.15, 0.2) is 0 Å². The summed E-state index contributed by atoms with van der Waals surface area (Å²) in [5, 5.41) is 0. The molecule has 1 rings (SSSR count). The molecule has 2 N–H and O–H groups in total. The summed E-state index contributed by atoms with van der Waals surface area (Å²) in [5.41, 5.74) is 5.46. The number of hydrogen-bond donors (Lipinski definition) is 1. The highest BCUT2D eigenvalue weighted by Gasteiger charge is 2.15. The van der Waals surface area contributed by atoms with Crippen LogP contribution in [0.1, 0.15) is 45.4 Å². The fourth-order valence-electron chi connectivity index (χ4n) is 2.15. The second kappa shape index (κ2) is 5.58. The molecule has 1 saturated carbocycles. The molecule has 0 aromatic heterocycles. The van der Waals surface area contributed by atoms with E-state index < -0.39 is 0 Å². The third kappa shape index (κ3) is 3.57. The van der Waals surface area contributed by atoms with Gasteiger partial charge >= 0.3 is 0 Å². The fraction of sp³-hybridized carbons (Fsp3) is 0.909. The van der Waals surface area contributed by atoms with E-state index in [0.717, 1.165) is 18.4 Å². The summed E-state index contributed by atoms with van der Waals surface area (Å²) in [4.78, 5) is 0. The van der Waals surface area contributed by atoms with Crippen molar-refractivity contribution in [3.8, 4) is 0 Å². The Morgan fingerprint density at radius 1 is 1.42 bits per heavy atom. The highest BCUT2D eigenvalue weighted by Crippen LogP contribution is 2.29. The van der Waals surface area contributed by atoms with Gasteiger partial charge in [0.1, 0.15) is 0 Å². The minimum atomic E-state index is 0.732. The molecule has 0 aromatic carbocycles. The first-order valence-corrected chi connectivity index (χ1v) is 5.36. The molecule has 0 heterocycles. The van der Waals surface area contributed by atoms with Gasteiger partial charge in [-0.3, -0.25) is 0 Å². The summed E-state index contributed by atoms with van der Waals surface area (Å²) in [5.74, 6) is 1.77. The van der Waals surface area contributed by atoms with Gasteiger partial charge in [-0.25, -0.2) is 0 Å². The van der Waals surface area contributed by atoms with Crippen molar-refractivity contribution in [2.24, 2.45) is 17.6 Å². The normalized spacial score (nSPS) is 21.5. The minimum absolute atomic E-state index is 0.732. The van der Waals surface area contributed by atoms with Crippen LogP contribution in [0.4, 0.5) is 0 Å². The highest BCUT2D eigenvalue weighted by molar-refractivity contribution is 4.75. The third-order valence-corrected chi connectivity index (χ3v) is 3.04. The lowest BCUT2D eigenvalue weighted by Crippen LogP contribution is -2.08. The summed E-state index contributed by atoms with van der Waals surface area (Å²) >= 11 is 0. The van der Waals surface area contributed by atoms with Gasteiger partial charge in [0.05, 0.1) is 0 Å². The van der Waals surface area contributed by atoms with Gasteiger partial charge in [-0.2, -0.15) is 0 Å². The van der Waals surface area contributed by atoms with Crippen molar-refractivity contribution in [2.45, 2.75) is 45.4 Å². The fourth-order valence-corrected chi connectivity index (χ4v) is 2.15. The lowest BCUT2D eigenvalue weighted by Gasteiger charge is -2.12. The SMILES string of the molecule is CC([CH]CN)CCC1CCCC1. The van der Waals surface area contributed by atoms with Crippen molar-refractivity contribution in [3.05, 3.63) is 6.42 Å². The van der Waals surface area contributed by atoms with Gasteiger partial charge in [-0.15, -0.1) is 0 Å². The van der Waals surface area contributed by atoms with Gasteiger partial charge in [-0.1, -0.05) is 45.4 Å². The van der Waals surface area contributed by atoms with E-state index >= 15 is 0 Å².